The fourth-order valence-electron chi connectivity index (χ4n) is 3.60. The van der Waals surface area contributed by atoms with Gasteiger partial charge in [-0.05, 0) is 31.9 Å². The van der Waals surface area contributed by atoms with Crippen LogP contribution in [0.25, 0.3) is 0 Å². The van der Waals surface area contributed by atoms with E-state index in [1.165, 1.54) is 4.68 Å². The van der Waals surface area contributed by atoms with Crippen LogP contribution in [0.1, 0.15) is 29.3 Å². The summed E-state index contributed by atoms with van der Waals surface area (Å²) in [6.45, 7) is 4.52. The van der Waals surface area contributed by atoms with Gasteiger partial charge in [0, 0.05) is 57.0 Å². The fraction of sp³-hybridized carbons (Fsp3) is 0.429. The molecule has 3 aromatic heterocycles. The van der Waals surface area contributed by atoms with Crippen LogP contribution in [0.3, 0.4) is 0 Å². The molecular formula is C21H26N6O2. The molecule has 0 spiro atoms. The van der Waals surface area contributed by atoms with Crippen LogP contribution in [0.5, 0.6) is 5.88 Å². The average Bonchev–Trinajstić information content (AvgIpc) is 3.38. The normalized spacial score (nSPS) is 18.0. The van der Waals surface area contributed by atoms with Crippen LogP contribution in [0, 0.1) is 19.8 Å². The summed E-state index contributed by atoms with van der Waals surface area (Å²) in [4.78, 5) is 19.0. The van der Waals surface area contributed by atoms with Crippen molar-refractivity contribution in [3.63, 3.8) is 0 Å². The second-order valence-corrected chi connectivity index (χ2v) is 7.80. The smallest absolute Gasteiger partial charge is 0.290 e. The summed E-state index contributed by atoms with van der Waals surface area (Å²) in [7, 11) is 5.34. The van der Waals surface area contributed by atoms with E-state index in [2.05, 4.69) is 27.3 Å². The molecule has 0 N–H and O–H groups in total. The molecule has 1 aliphatic carbocycles. The first-order chi connectivity index (χ1) is 13.8. The minimum absolute atomic E-state index is 0.188. The van der Waals surface area contributed by atoms with Gasteiger partial charge in [0.25, 0.3) is 5.56 Å². The fourth-order valence-corrected chi connectivity index (χ4v) is 3.60. The third-order valence-electron chi connectivity index (χ3n) is 5.39. The van der Waals surface area contributed by atoms with E-state index >= 15 is 0 Å². The van der Waals surface area contributed by atoms with Gasteiger partial charge in [-0.25, -0.2) is 4.68 Å². The maximum Gasteiger partial charge on any atom is 0.290 e. The van der Waals surface area contributed by atoms with Gasteiger partial charge in [0.1, 0.15) is 11.5 Å². The monoisotopic (exact) mass is 394 g/mol. The Bertz CT molecular complexity index is 1090. The largest absolute Gasteiger partial charge is 0.476 e. The summed E-state index contributed by atoms with van der Waals surface area (Å²) in [6.07, 6.45) is 2.96. The maximum absolute atomic E-state index is 12.6. The molecule has 8 nitrogen and oxygen atoms in total. The van der Waals surface area contributed by atoms with Crippen LogP contribution >= 0.6 is 0 Å². The Morgan fingerprint density at radius 1 is 1.17 bits per heavy atom. The number of pyridine rings is 1. The van der Waals surface area contributed by atoms with E-state index in [1.54, 1.807) is 17.8 Å². The van der Waals surface area contributed by atoms with Crippen LogP contribution < -0.4 is 15.2 Å². The first-order valence-corrected chi connectivity index (χ1v) is 9.71. The summed E-state index contributed by atoms with van der Waals surface area (Å²) in [5, 5.41) is 8.62. The molecule has 0 radical (unpaired) electrons. The molecular weight excluding hydrogens is 368 g/mol. The Kier molecular flexibility index (Phi) is 4.86. The lowest BCUT2D eigenvalue weighted by Crippen LogP contribution is -2.28. The van der Waals surface area contributed by atoms with E-state index < -0.39 is 0 Å². The maximum atomic E-state index is 12.6. The molecule has 0 aliphatic heterocycles. The van der Waals surface area contributed by atoms with Crippen molar-refractivity contribution in [1.29, 1.82) is 0 Å². The first kappa shape index (κ1) is 19.2. The molecule has 1 fully saturated rings. The zero-order valence-electron chi connectivity index (χ0n) is 17.5. The predicted octanol–water partition coefficient (Wildman–Crippen LogP) is 2.48. The van der Waals surface area contributed by atoms with Crippen LogP contribution in [0.4, 0.5) is 11.5 Å². The number of rotatable bonds is 6. The van der Waals surface area contributed by atoms with Crippen LogP contribution in [0.15, 0.2) is 35.3 Å². The molecule has 0 amide bonds. The number of aromatic nitrogens is 5. The third-order valence-corrected chi connectivity index (χ3v) is 5.39. The van der Waals surface area contributed by atoms with Crippen LogP contribution in [-0.2, 0) is 14.1 Å². The van der Waals surface area contributed by atoms with Gasteiger partial charge < -0.3 is 9.64 Å². The molecule has 8 heteroatoms. The van der Waals surface area contributed by atoms with Gasteiger partial charge in [0.05, 0.1) is 12.3 Å². The lowest BCUT2D eigenvalue weighted by atomic mass is 10.2. The SMILES string of the molecule is Cc1ccc([C@H]2C[C@@H]2COc2cc(N(C)c3cc(C)nn3C)c(=O)n(C)n2)nc1. The summed E-state index contributed by atoms with van der Waals surface area (Å²) in [6, 6.07) is 7.82. The molecule has 152 valence electrons. The van der Waals surface area contributed by atoms with Gasteiger partial charge in [-0.2, -0.15) is 5.10 Å². The summed E-state index contributed by atoms with van der Waals surface area (Å²) >= 11 is 0. The number of hydrogen-bond acceptors (Lipinski definition) is 6. The number of nitrogens with zero attached hydrogens (tertiary/aromatic N) is 6. The molecule has 0 saturated heterocycles. The Morgan fingerprint density at radius 2 is 1.97 bits per heavy atom. The molecule has 3 heterocycles. The summed E-state index contributed by atoms with van der Waals surface area (Å²) < 4.78 is 9.02. The van der Waals surface area contributed by atoms with Crippen molar-refractivity contribution in [2.45, 2.75) is 26.2 Å². The van der Waals surface area contributed by atoms with E-state index in [9.17, 15) is 4.79 Å². The van der Waals surface area contributed by atoms with Gasteiger partial charge in [-0.3, -0.25) is 14.5 Å². The summed E-state index contributed by atoms with van der Waals surface area (Å²) in [5.74, 6) is 2.12. The number of ether oxygens (including phenoxy) is 1. The molecule has 2 atom stereocenters. The molecule has 1 saturated carbocycles. The lowest BCUT2D eigenvalue weighted by Gasteiger charge is -2.19. The highest BCUT2D eigenvalue weighted by Crippen LogP contribution is 2.46. The van der Waals surface area contributed by atoms with Crippen molar-refractivity contribution in [2.75, 3.05) is 18.6 Å². The van der Waals surface area contributed by atoms with Crippen molar-refractivity contribution in [3.05, 3.63) is 57.8 Å². The number of anilines is 2. The summed E-state index contributed by atoms with van der Waals surface area (Å²) in [5.41, 5.74) is 3.47. The molecule has 3 aromatic rings. The van der Waals surface area contributed by atoms with E-state index in [0.717, 1.165) is 29.2 Å². The lowest BCUT2D eigenvalue weighted by molar-refractivity contribution is 0.278. The zero-order valence-corrected chi connectivity index (χ0v) is 17.5. The van der Waals surface area contributed by atoms with Crippen molar-refractivity contribution in [2.24, 2.45) is 20.0 Å². The van der Waals surface area contributed by atoms with E-state index in [4.69, 9.17) is 4.74 Å². The van der Waals surface area contributed by atoms with Crippen molar-refractivity contribution in [1.82, 2.24) is 24.5 Å². The highest BCUT2D eigenvalue weighted by atomic mass is 16.5. The van der Waals surface area contributed by atoms with E-state index in [1.807, 2.05) is 45.1 Å². The Morgan fingerprint density at radius 3 is 2.62 bits per heavy atom. The Hall–Kier alpha value is -3.16. The standard InChI is InChI=1S/C21H26N6O2/c1-13-6-7-17(22-11-13)16-9-15(16)12-29-19-10-18(21(28)27(5)24-19)25(3)20-8-14(2)23-26(20)4/h6-8,10-11,15-16H,9,12H2,1-5H3/t15-,16+/m1/s1. The molecule has 0 unspecified atom stereocenters. The van der Waals surface area contributed by atoms with Gasteiger partial charge in [-0.1, -0.05) is 6.07 Å². The highest BCUT2D eigenvalue weighted by Gasteiger charge is 2.40. The van der Waals surface area contributed by atoms with Crippen molar-refractivity contribution < 1.29 is 4.74 Å². The van der Waals surface area contributed by atoms with Gasteiger partial charge in [0.2, 0.25) is 5.88 Å². The predicted molar refractivity (Wildman–Crippen MR) is 111 cm³/mol. The minimum Gasteiger partial charge on any atom is -0.476 e. The quantitative estimate of drug-likeness (QED) is 0.639. The zero-order chi connectivity index (χ0) is 20.7. The Labute approximate surface area is 169 Å². The second-order valence-electron chi connectivity index (χ2n) is 7.80. The van der Waals surface area contributed by atoms with Crippen molar-refractivity contribution in [3.8, 4) is 5.88 Å². The van der Waals surface area contributed by atoms with Crippen LogP contribution in [-0.4, -0.2) is 38.2 Å². The second kappa shape index (κ2) is 7.35. The van der Waals surface area contributed by atoms with Gasteiger partial charge >= 0.3 is 0 Å². The number of hydrogen-bond donors (Lipinski definition) is 0. The van der Waals surface area contributed by atoms with Crippen LogP contribution in [0.2, 0.25) is 0 Å². The topological polar surface area (TPSA) is 78.1 Å². The molecule has 1 aliphatic rings. The molecule has 4 rings (SSSR count). The minimum atomic E-state index is -0.188. The van der Waals surface area contributed by atoms with E-state index in [-0.39, 0.29) is 5.56 Å². The number of aryl methyl sites for hydroxylation is 4. The van der Waals surface area contributed by atoms with Gasteiger partial charge in [0.15, 0.2) is 0 Å². The average molecular weight is 394 g/mol. The third kappa shape index (κ3) is 3.87. The van der Waals surface area contributed by atoms with Crippen molar-refractivity contribution >= 4 is 11.5 Å². The molecule has 29 heavy (non-hydrogen) atoms. The first-order valence-electron chi connectivity index (χ1n) is 9.71. The molecule has 0 bridgehead atoms. The molecule has 0 aromatic carbocycles. The Balaban J connectivity index is 1.48. The van der Waals surface area contributed by atoms with E-state index in [0.29, 0.717) is 30.0 Å². The van der Waals surface area contributed by atoms with Gasteiger partial charge in [-0.15, -0.1) is 5.10 Å². The highest BCUT2D eigenvalue weighted by molar-refractivity contribution is 5.59.